The van der Waals surface area contributed by atoms with E-state index in [2.05, 4.69) is 36.1 Å². The number of nitrogens with zero attached hydrogens (tertiary/aromatic N) is 3. The van der Waals surface area contributed by atoms with Crippen molar-refractivity contribution in [3.63, 3.8) is 0 Å². The van der Waals surface area contributed by atoms with Crippen LogP contribution in [0.1, 0.15) is 12.8 Å². The van der Waals surface area contributed by atoms with Crippen LogP contribution in [0.3, 0.4) is 0 Å². The highest BCUT2D eigenvalue weighted by atomic mass is 79.9. The van der Waals surface area contributed by atoms with Crippen molar-refractivity contribution in [2.45, 2.75) is 12.8 Å². The van der Waals surface area contributed by atoms with E-state index in [0.29, 0.717) is 12.4 Å². The fourth-order valence-corrected chi connectivity index (χ4v) is 3.70. The van der Waals surface area contributed by atoms with Crippen molar-refractivity contribution in [2.24, 2.45) is 5.92 Å². The molecule has 3 aromatic rings. The average Bonchev–Trinajstić information content (AvgIpc) is 2.76. The van der Waals surface area contributed by atoms with E-state index in [1.54, 1.807) is 18.3 Å². The Kier molecular flexibility index (Phi) is 5.85. The van der Waals surface area contributed by atoms with Gasteiger partial charge in [0.1, 0.15) is 11.6 Å². The minimum atomic E-state index is -0.291. The van der Waals surface area contributed by atoms with Crippen molar-refractivity contribution in [1.82, 2.24) is 9.97 Å². The van der Waals surface area contributed by atoms with E-state index < -0.39 is 0 Å². The second-order valence-corrected chi connectivity index (χ2v) is 7.94. The fourth-order valence-electron chi connectivity index (χ4n) is 3.44. The first-order valence-electron chi connectivity index (χ1n) is 9.49. The van der Waals surface area contributed by atoms with Gasteiger partial charge in [0.05, 0.1) is 5.92 Å². The highest BCUT2D eigenvalue weighted by Crippen LogP contribution is 2.25. The molecule has 4 rings (SSSR count). The summed E-state index contributed by atoms with van der Waals surface area (Å²) in [6.45, 7) is 1.43. The molecule has 0 spiro atoms. The number of aromatic nitrogens is 2. The summed E-state index contributed by atoms with van der Waals surface area (Å²) in [4.78, 5) is 23.8. The second-order valence-electron chi connectivity index (χ2n) is 7.03. The van der Waals surface area contributed by atoms with Crippen LogP contribution in [-0.4, -0.2) is 29.0 Å². The second kappa shape index (κ2) is 8.69. The maximum atomic E-state index is 13.2. The molecule has 7 heteroatoms. The molecule has 0 aliphatic carbocycles. The van der Waals surface area contributed by atoms with Gasteiger partial charge in [0.15, 0.2) is 5.82 Å². The van der Waals surface area contributed by atoms with Gasteiger partial charge in [-0.1, -0.05) is 15.9 Å². The summed E-state index contributed by atoms with van der Waals surface area (Å²) in [6.07, 6.45) is 3.45. The Bertz CT molecular complexity index is 994. The molecule has 5 nitrogen and oxygen atoms in total. The molecule has 0 bridgehead atoms. The molecule has 29 heavy (non-hydrogen) atoms. The summed E-state index contributed by atoms with van der Waals surface area (Å²) in [6, 6.07) is 15.5. The summed E-state index contributed by atoms with van der Waals surface area (Å²) < 4.78 is 14.2. The lowest BCUT2D eigenvalue weighted by atomic mass is 9.97. The van der Waals surface area contributed by atoms with Crippen LogP contribution in [0, 0.1) is 11.7 Å². The van der Waals surface area contributed by atoms with E-state index in [9.17, 15) is 9.18 Å². The van der Waals surface area contributed by atoms with Crippen molar-refractivity contribution >= 4 is 33.3 Å². The lowest BCUT2D eigenvalue weighted by Gasteiger charge is -2.33. The van der Waals surface area contributed by atoms with Gasteiger partial charge in [-0.25, -0.2) is 14.4 Å². The van der Waals surface area contributed by atoms with E-state index in [1.807, 2.05) is 30.3 Å². The molecule has 0 radical (unpaired) electrons. The SMILES string of the molecule is O=C(Nc1ccc(Br)cc1)C1CCCN(c2ccnc(-c3ccc(F)cc3)n2)C1. The predicted molar refractivity (Wildman–Crippen MR) is 115 cm³/mol. The number of anilines is 2. The number of rotatable bonds is 4. The number of carbonyl (C=O) groups is 1. The number of benzene rings is 2. The molecule has 1 atom stereocenters. The van der Waals surface area contributed by atoms with Crippen molar-refractivity contribution in [1.29, 1.82) is 0 Å². The molecule has 0 saturated carbocycles. The Hall–Kier alpha value is -2.80. The average molecular weight is 455 g/mol. The van der Waals surface area contributed by atoms with Crippen molar-refractivity contribution < 1.29 is 9.18 Å². The van der Waals surface area contributed by atoms with E-state index in [1.165, 1.54) is 12.1 Å². The molecule has 2 heterocycles. The van der Waals surface area contributed by atoms with Crippen LogP contribution < -0.4 is 10.2 Å². The Morgan fingerprint density at radius 2 is 1.86 bits per heavy atom. The lowest BCUT2D eigenvalue weighted by molar-refractivity contribution is -0.120. The Morgan fingerprint density at radius 3 is 2.62 bits per heavy atom. The summed E-state index contributed by atoms with van der Waals surface area (Å²) in [5.41, 5.74) is 1.55. The van der Waals surface area contributed by atoms with Crippen LogP contribution in [0.15, 0.2) is 65.3 Å². The zero-order valence-electron chi connectivity index (χ0n) is 15.7. The molecule has 1 aliphatic heterocycles. The van der Waals surface area contributed by atoms with Gasteiger partial charge in [0, 0.05) is 35.0 Å². The van der Waals surface area contributed by atoms with Gasteiger partial charge in [-0.05, 0) is 67.4 Å². The van der Waals surface area contributed by atoms with Crippen molar-refractivity contribution in [3.05, 3.63) is 71.1 Å². The van der Waals surface area contributed by atoms with E-state index in [-0.39, 0.29) is 17.6 Å². The Labute approximate surface area is 177 Å². The first kappa shape index (κ1) is 19.5. The first-order valence-corrected chi connectivity index (χ1v) is 10.3. The van der Waals surface area contributed by atoms with Crippen molar-refractivity contribution in [3.8, 4) is 11.4 Å². The van der Waals surface area contributed by atoms with Crippen molar-refractivity contribution in [2.75, 3.05) is 23.3 Å². The van der Waals surface area contributed by atoms with Gasteiger partial charge in [0.25, 0.3) is 0 Å². The molecular formula is C22H20BrFN4O. The van der Waals surface area contributed by atoms with Gasteiger partial charge in [0.2, 0.25) is 5.91 Å². The quantitative estimate of drug-likeness (QED) is 0.608. The number of hydrogen-bond acceptors (Lipinski definition) is 4. The van der Waals surface area contributed by atoms with Gasteiger partial charge in [-0.15, -0.1) is 0 Å². The third-order valence-corrected chi connectivity index (χ3v) is 5.50. The minimum absolute atomic E-state index is 0.0184. The van der Waals surface area contributed by atoms with Crippen LogP contribution in [0.5, 0.6) is 0 Å². The van der Waals surface area contributed by atoms with Gasteiger partial charge in [-0.2, -0.15) is 0 Å². The van der Waals surface area contributed by atoms with Gasteiger partial charge in [-0.3, -0.25) is 4.79 Å². The topological polar surface area (TPSA) is 58.1 Å². The summed E-state index contributed by atoms with van der Waals surface area (Å²) in [5.74, 6) is 0.937. The third-order valence-electron chi connectivity index (χ3n) is 4.97. The molecule has 1 aliphatic rings. The number of carbonyl (C=O) groups excluding carboxylic acids is 1. The zero-order chi connectivity index (χ0) is 20.2. The molecule has 2 aromatic carbocycles. The number of amides is 1. The van der Waals surface area contributed by atoms with E-state index >= 15 is 0 Å². The third kappa shape index (κ3) is 4.79. The van der Waals surface area contributed by atoms with Gasteiger partial charge < -0.3 is 10.2 Å². The largest absolute Gasteiger partial charge is 0.356 e. The fraction of sp³-hybridized carbons (Fsp3) is 0.227. The molecule has 1 aromatic heterocycles. The normalized spacial score (nSPS) is 16.5. The van der Waals surface area contributed by atoms with Crippen LogP contribution in [-0.2, 0) is 4.79 Å². The van der Waals surface area contributed by atoms with E-state index in [0.717, 1.165) is 40.9 Å². The highest BCUT2D eigenvalue weighted by Gasteiger charge is 2.27. The maximum absolute atomic E-state index is 13.2. The van der Waals surface area contributed by atoms with Crippen LogP contribution in [0.4, 0.5) is 15.9 Å². The molecule has 1 saturated heterocycles. The van der Waals surface area contributed by atoms with Crippen LogP contribution in [0.2, 0.25) is 0 Å². The number of hydrogen-bond donors (Lipinski definition) is 1. The lowest BCUT2D eigenvalue weighted by Crippen LogP contribution is -2.41. The van der Waals surface area contributed by atoms with E-state index in [4.69, 9.17) is 0 Å². The number of halogens is 2. The highest BCUT2D eigenvalue weighted by molar-refractivity contribution is 9.10. The molecule has 1 unspecified atom stereocenters. The predicted octanol–water partition coefficient (Wildman–Crippen LogP) is 4.90. The zero-order valence-corrected chi connectivity index (χ0v) is 17.3. The standard InChI is InChI=1S/C22H20BrFN4O/c23-17-5-9-19(10-6-17)26-22(29)16-2-1-13-28(14-16)20-11-12-25-21(27-20)15-3-7-18(24)8-4-15/h3-12,16H,1-2,13-14H2,(H,26,29). The maximum Gasteiger partial charge on any atom is 0.229 e. The van der Waals surface area contributed by atoms with Crippen LogP contribution >= 0.6 is 15.9 Å². The summed E-state index contributed by atoms with van der Waals surface area (Å²) in [5, 5.41) is 3.00. The summed E-state index contributed by atoms with van der Waals surface area (Å²) >= 11 is 3.40. The monoisotopic (exact) mass is 454 g/mol. The molecule has 1 N–H and O–H groups in total. The molecular weight excluding hydrogens is 435 g/mol. The Balaban J connectivity index is 1.46. The number of nitrogens with one attached hydrogen (secondary N) is 1. The Morgan fingerprint density at radius 1 is 1.10 bits per heavy atom. The number of piperidine rings is 1. The first-order chi connectivity index (χ1) is 14.1. The smallest absolute Gasteiger partial charge is 0.229 e. The minimum Gasteiger partial charge on any atom is -0.356 e. The molecule has 1 amide bonds. The molecule has 1 fully saturated rings. The van der Waals surface area contributed by atoms with Crippen LogP contribution in [0.25, 0.3) is 11.4 Å². The van der Waals surface area contributed by atoms with Gasteiger partial charge >= 0.3 is 0 Å². The molecule has 148 valence electrons. The summed E-state index contributed by atoms with van der Waals surface area (Å²) in [7, 11) is 0.